The van der Waals surface area contributed by atoms with Gasteiger partial charge in [-0.25, -0.2) is 13.1 Å². The van der Waals surface area contributed by atoms with Gasteiger partial charge in [-0.15, -0.1) is 11.3 Å². The van der Waals surface area contributed by atoms with Crippen LogP contribution >= 0.6 is 11.3 Å². The first-order valence-corrected chi connectivity index (χ1v) is 10.2. The molecule has 0 bridgehead atoms. The summed E-state index contributed by atoms with van der Waals surface area (Å²) in [7, 11) is -3.64. The van der Waals surface area contributed by atoms with E-state index in [0.717, 1.165) is 16.9 Å². The molecule has 5 nitrogen and oxygen atoms in total. The quantitative estimate of drug-likeness (QED) is 0.781. The van der Waals surface area contributed by atoms with E-state index in [1.807, 2.05) is 44.2 Å². The maximum absolute atomic E-state index is 12.3. The van der Waals surface area contributed by atoms with Gasteiger partial charge in [-0.05, 0) is 31.0 Å². The van der Waals surface area contributed by atoms with Gasteiger partial charge in [0.15, 0.2) is 0 Å². The number of thiophene rings is 1. The first kappa shape index (κ1) is 18.6. The molecule has 0 aliphatic rings. The van der Waals surface area contributed by atoms with Crippen molar-refractivity contribution in [2.24, 2.45) is 0 Å². The zero-order valence-electron chi connectivity index (χ0n) is 13.9. The summed E-state index contributed by atoms with van der Waals surface area (Å²) in [5, 5.41) is 0. The van der Waals surface area contributed by atoms with Gasteiger partial charge < -0.3 is 4.90 Å². The normalized spacial score (nSPS) is 11.4. The Hall–Kier alpha value is -1.70. The number of aryl methyl sites for hydroxylation is 1. The van der Waals surface area contributed by atoms with E-state index < -0.39 is 10.0 Å². The van der Waals surface area contributed by atoms with Crippen molar-refractivity contribution < 1.29 is 13.2 Å². The molecule has 7 heteroatoms. The van der Waals surface area contributed by atoms with Crippen LogP contribution in [0.2, 0.25) is 0 Å². The van der Waals surface area contributed by atoms with E-state index in [1.54, 1.807) is 17.0 Å². The van der Waals surface area contributed by atoms with Crippen LogP contribution in [0.4, 0.5) is 0 Å². The molecular formula is C17H22N2O3S2. The summed E-state index contributed by atoms with van der Waals surface area (Å²) in [5.41, 5.74) is 1.02. The summed E-state index contributed by atoms with van der Waals surface area (Å²) in [6.45, 7) is 4.61. The van der Waals surface area contributed by atoms with E-state index in [0.29, 0.717) is 13.1 Å². The van der Waals surface area contributed by atoms with Crippen LogP contribution in [0.3, 0.4) is 0 Å². The minimum atomic E-state index is -3.64. The van der Waals surface area contributed by atoms with E-state index in [1.165, 1.54) is 11.3 Å². The van der Waals surface area contributed by atoms with Crippen LogP contribution in [-0.4, -0.2) is 32.3 Å². The van der Waals surface area contributed by atoms with E-state index in [4.69, 9.17) is 0 Å². The molecule has 0 aliphatic carbocycles. The highest BCUT2D eigenvalue weighted by atomic mass is 32.2. The smallest absolute Gasteiger partial charge is 0.250 e. The van der Waals surface area contributed by atoms with Crippen LogP contribution < -0.4 is 4.72 Å². The van der Waals surface area contributed by atoms with Crippen molar-refractivity contribution in [2.75, 3.05) is 13.1 Å². The molecule has 1 heterocycles. The Bertz CT molecular complexity index is 770. The highest BCUT2D eigenvalue weighted by Gasteiger charge is 2.20. The van der Waals surface area contributed by atoms with Crippen LogP contribution in [0.5, 0.6) is 0 Å². The molecule has 0 atom stereocenters. The topological polar surface area (TPSA) is 66.5 Å². The summed E-state index contributed by atoms with van der Waals surface area (Å²) >= 11 is 1.23. The fourth-order valence-electron chi connectivity index (χ4n) is 2.21. The lowest BCUT2D eigenvalue weighted by atomic mass is 10.2. The van der Waals surface area contributed by atoms with Crippen molar-refractivity contribution in [1.29, 1.82) is 0 Å². The lowest BCUT2D eigenvalue weighted by Gasteiger charge is -2.21. The number of carbonyl (C=O) groups excluding carboxylic acids is 1. The molecule has 0 aliphatic heterocycles. The zero-order valence-corrected chi connectivity index (χ0v) is 15.5. The number of nitrogens with one attached hydrogen (secondary N) is 1. The van der Waals surface area contributed by atoms with Gasteiger partial charge in [0.1, 0.15) is 4.21 Å². The molecule has 1 aromatic carbocycles. The van der Waals surface area contributed by atoms with Gasteiger partial charge in [-0.1, -0.05) is 37.3 Å². The molecule has 0 fully saturated rings. The highest BCUT2D eigenvalue weighted by Crippen LogP contribution is 2.21. The second kappa shape index (κ2) is 8.41. The largest absolute Gasteiger partial charge is 0.338 e. The predicted octanol–water partition coefficient (Wildman–Crippen LogP) is 2.64. The molecule has 1 aromatic heterocycles. The van der Waals surface area contributed by atoms with Crippen molar-refractivity contribution in [1.82, 2.24) is 9.62 Å². The maximum atomic E-state index is 12.3. The van der Waals surface area contributed by atoms with Gasteiger partial charge >= 0.3 is 0 Å². The molecule has 1 amide bonds. The molecule has 2 aromatic rings. The Morgan fingerprint density at radius 2 is 1.83 bits per heavy atom. The lowest BCUT2D eigenvalue weighted by molar-refractivity contribution is -0.130. The third-order valence-electron chi connectivity index (χ3n) is 3.61. The summed E-state index contributed by atoms with van der Waals surface area (Å²) in [6.07, 6.45) is 0.791. The average molecular weight is 367 g/mol. The molecule has 2 rings (SSSR count). The zero-order chi connectivity index (χ0) is 17.6. The van der Waals surface area contributed by atoms with Gasteiger partial charge in [0.2, 0.25) is 5.91 Å². The monoisotopic (exact) mass is 366 g/mol. The Morgan fingerprint density at radius 3 is 2.42 bits per heavy atom. The third kappa shape index (κ3) is 4.90. The summed E-state index contributed by atoms with van der Waals surface area (Å²) in [5.74, 6) is -0.239. The lowest BCUT2D eigenvalue weighted by Crippen LogP contribution is -2.39. The molecule has 0 unspecified atom stereocenters. The maximum Gasteiger partial charge on any atom is 0.250 e. The fourth-order valence-corrected chi connectivity index (χ4v) is 4.53. The number of likely N-dealkylation sites (N-methyl/N-ethyl adjacent to an activating group) is 1. The molecular weight excluding hydrogens is 344 g/mol. The second-order valence-corrected chi connectivity index (χ2v) is 8.45. The van der Waals surface area contributed by atoms with Gasteiger partial charge in [-0.3, -0.25) is 4.79 Å². The first-order chi connectivity index (χ1) is 11.5. The van der Waals surface area contributed by atoms with Crippen LogP contribution in [0.25, 0.3) is 0 Å². The Kier molecular flexibility index (Phi) is 6.53. The summed E-state index contributed by atoms with van der Waals surface area (Å²) in [4.78, 5) is 15.0. The molecule has 0 saturated carbocycles. The standard InChI is InChI=1S/C17H22N2O3S2/c1-3-15-10-11-17(23-15)24(21,22)18-12-16(20)19(4-2)13-14-8-6-5-7-9-14/h5-11,18H,3-4,12-13H2,1-2H3. The van der Waals surface area contributed by atoms with Gasteiger partial charge in [0, 0.05) is 18.0 Å². The number of nitrogens with zero attached hydrogens (tertiary/aromatic N) is 1. The molecule has 130 valence electrons. The van der Waals surface area contributed by atoms with E-state index in [9.17, 15) is 13.2 Å². The van der Waals surface area contributed by atoms with Crippen molar-refractivity contribution in [3.8, 4) is 0 Å². The van der Waals surface area contributed by atoms with E-state index >= 15 is 0 Å². The summed E-state index contributed by atoms with van der Waals surface area (Å²) in [6, 6.07) is 13.0. The third-order valence-corrected chi connectivity index (χ3v) is 6.74. The van der Waals surface area contributed by atoms with Crippen molar-refractivity contribution in [3.63, 3.8) is 0 Å². The predicted molar refractivity (Wildman–Crippen MR) is 96.4 cm³/mol. The van der Waals surface area contributed by atoms with Crippen LogP contribution in [0.1, 0.15) is 24.3 Å². The van der Waals surface area contributed by atoms with Crippen molar-refractivity contribution in [2.45, 2.75) is 31.0 Å². The molecule has 1 N–H and O–H groups in total. The molecule has 0 spiro atoms. The van der Waals surface area contributed by atoms with E-state index in [-0.39, 0.29) is 16.7 Å². The number of amides is 1. The van der Waals surface area contributed by atoms with E-state index in [2.05, 4.69) is 4.72 Å². The molecule has 24 heavy (non-hydrogen) atoms. The number of rotatable bonds is 8. The van der Waals surface area contributed by atoms with Gasteiger partial charge in [0.25, 0.3) is 10.0 Å². The number of hydrogen-bond donors (Lipinski definition) is 1. The molecule has 0 radical (unpaired) electrons. The second-order valence-electron chi connectivity index (χ2n) is 5.29. The number of benzene rings is 1. The first-order valence-electron chi connectivity index (χ1n) is 7.86. The Labute approximate surface area is 147 Å². The summed E-state index contributed by atoms with van der Waals surface area (Å²) < 4.78 is 27.2. The minimum absolute atomic E-state index is 0.234. The highest BCUT2D eigenvalue weighted by molar-refractivity contribution is 7.91. The van der Waals surface area contributed by atoms with Gasteiger partial charge in [0.05, 0.1) is 6.54 Å². The number of carbonyl (C=O) groups is 1. The van der Waals surface area contributed by atoms with Crippen LogP contribution in [-0.2, 0) is 27.8 Å². The Morgan fingerprint density at radius 1 is 1.12 bits per heavy atom. The number of sulfonamides is 1. The molecule has 0 saturated heterocycles. The van der Waals surface area contributed by atoms with Crippen molar-refractivity contribution >= 4 is 27.3 Å². The minimum Gasteiger partial charge on any atom is -0.338 e. The SMILES string of the molecule is CCc1ccc(S(=O)(=O)NCC(=O)N(CC)Cc2ccccc2)s1. The van der Waals surface area contributed by atoms with Crippen molar-refractivity contribution in [3.05, 3.63) is 52.9 Å². The number of hydrogen-bond acceptors (Lipinski definition) is 4. The van der Waals surface area contributed by atoms with Gasteiger partial charge in [-0.2, -0.15) is 0 Å². The Balaban J connectivity index is 1.97. The fraction of sp³-hybridized carbons (Fsp3) is 0.353. The van der Waals surface area contributed by atoms with Crippen LogP contribution in [0.15, 0.2) is 46.7 Å². The van der Waals surface area contributed by atoms with Crippen LogP contribution in [0, 0.1) is 0 Å². The average Bonchev–Trinajstić information content (AvgIpc) is 3.08.